The number of alkyl halides is 1. The van der Waals surface area contributed by atoms with E-state index in [1.807, 2.05) is 28.7 Å². The molecule has 0 fully saturated rings. The van der Waals surface area contributed by atoms with E-state index < -0.39 is 17.7 Å². The molecule has 0 aliphatic carbocycles. The van der Waals surface area contributed by atoms with E-state index >= 15 is 0 Å². The van der Waals surface area contributed by atoms with Crippen LogP contribution in [0.3, 0.4) is 0 Å². The fourth-order valence-electron chi connectivity index (χ4n) is 2.61. The van der Waals surface area contributed by atoms with Gasteiger partial charge in [0.25, 0.3) is 0 Å². The number of esters is 1. The van der Waals surface area contributed by atoms with Gasteiger partial charge in [0.2, 0.25) is 5.88 Å². The van der Waals surface area contributed by atoms with E-state index in [2.05, 4.69) is 15.9 Å². The van der Waals surface area contributed by atoms with Crippen LogP contribution in [0, 0.1) is 20.7 Å². The van der Waals surface area contributed by atoms with Gasteiger partial charge in [0.1, 0.15) is 23.2 Å². The lowest BCUT2D eigenvalue weighted by molar-refractivity contribution is -0.139. The van der Waals surface area contributed by atoms with Gasteiger partial charge in [0, 0.05) is 14.5 Å². The van der Waals surface area contributed by atoms with Crippen molar-refractivity contribution in [2.75, 3.05) is 6.61 Å². The molecular weight excluding hydrogens is 506 g/mol. The zero-order valence-corrected chi connectivity index (χ0v) is 17.3. The van der Waals surface area contributed by atoms with E-state index in [9.17, 15) is 14.4 Å². The van der Waals surface area contributed by atoms with Gasteiger partial charge in [0.15, 0.2) is 0 Å². The van der Waals surface area contributed by atoms with Crippen LogP contribution in [-0.4, -0.2) is 12.6 Å². The minimum Gasteiger partial charge on any atom is -0.463 e. The van der Waals surface area contributed by atoms with Crippen LogP contribution in [0.1, 0.15) is 30.9 Å². The quantitative estimate of drug-likeness (QED) is 0.369. The van der Waals surface area contributed by atoms with Crippen molar-refractivity contribution in [3.8, 4) is 6.07 Å². The zero-order valence-electron chi connectivity index (χ0n) is 13.5. The Labute approximate surface area is 166 Å². The van der Waals surface area contributed by atoms with Crippen LogP contribution < -0.4 is 5.73 Å². The average molecular weight is 521 g/mol. The predicted octanol–water partition coefficient (Wildman–Crippen LogP) is 3.97. The first-order chi connectivity index (χ1) is 11.8. The number of rotatable bonds is 4. The monoisotopic (exact) mass is 520 g/mol. The first-order valence-corrected chi connectivity index (χ1v) is 9.54. The van der Waals surface area contributed by atoms with Crippen LogP contribution in [0.15, 0.2) is 34.9 Å². The maximum absolute atomic E-state index is 14.4. The molecular formula is C17H15BrFIN2O3. The summed E-state index contributed by atoms with van der Waals surface area (Å²) in [6, 6.07) is 5.01. The Morgan fingerprint density at radius 1 is 1.56 bits per heavy atom. The highest BCUT2D eigenvalue weighted by atomic mass is 127. The van der Waals surface area contributed by atoms with Gasteiger partial charge in [-0.15, -0.1) is 0 Å². The molecule has 1 aliphatic rings. The van der Waals surface area contributed by atoms with Crippen molar-refractivity contribution in [2.24, 2.45) is 5.73 Å². The van der Waals surface area contributed by atoms with Crippen LogP contribution in [-0.2, 0) is 19.6 Å². The first kappa shape index (κ1) is 19.7. The van der Waals surface area contributed by atoms with E-state index in [1.54, 1.807) is 19.9 Å². The van der Waals surface area contributed by atoms with Gasteiger partial charge in [-0.1, -0.05) is 15.9 Å². The number of hydrogen-bond donors (Lipinski definition) is 1. The average Bonchev–Trinajstić information content (AvgIpc) is 2.53. The molecule has 0 spiro atoms. The Hall–Kier alpha value is -1.60. The smallest absolute Gasteiger partial charge is 0.338 e. The van der Waals surface area contributed by atoms with E-state index in [0.717, 1.165) is 0 Å². The molecule has 132 valence electrons. The topological polar surface area (TPSA) is 85.3 Å². The molecule has 8 heteroatoms. The Balaban J connectivity index is 2.69. The van der Waals surface area contributed by atoms with Gasteiger partial charge in [-0.05, 0) is 54.1 Å². The molecule has 0 saturated heterocycles. The molecule has 1 heterocycles. The second-order valence-electron chi connectivity index (χ2n) is 5.21. The third kappa shape index (κ3) is 3.82. The Morgan fingerprint density at radius 3 is 2.76 bits per heavy atom. The molecule has 1 aliphatic heterocycles. The second-order valence-corrected chi connectivity index (χ2v) is 6.93. The third-order valence-corrected chi connectivity index (χ3v) is 5.25. The molecule has 1 unspecified atom stereocenters. The fourth-order valence-corrected chi connectivity index (χ4v) is 4.51. The minimum atomic E-state index is -0.842. The summed E-state index contributed by atoms with van der Waals surface area (Å²) in [7, 11) is 0. The summed E-state index contributed by atoms with van der Waals surface area (Å²) >= 11 is 5.26. The molecule has 2 N–H and O–H groups in total. The molecule has 1 aromatic rings. The highest BCUT2D eigenvalue weighted by Gasteiger charge is 2.36. The van der Waals surface area contributed by atoms with E-state index in [0.29, 0.717) is 20.0 Å². The van der Waals surface area contributed by atoms with Gasteiger partial charge in [-0.25, -0.2) is 9.18 Å². The van der Waals surface area contributed by atoms with Crippen molar-refractivity contribution < 1.29 is 18.7 Å². The van der Waals surface area contributed by atoms with Gasteiger partial charge in [-0.2, -0.15) is 5.26 Å². The molecule has 5 nitrogen and oxygen atoms in total. The molecule has 0 bridgehead atoms. The Morgan fingerprint density at radius 2 is 2.24 bits per heavy atom. The summed E-state index contributed by atoms with van der Waals surface area (Å²) in [6.07, 6.45) is 0. The number of carbonyl (C=O) groups is 1. The van der Waals surface area contributed by atoms with E-state index in [-0.39, 0.29) is 29.4 Å². The molecule has 0 amide bonds. The number of benzene rings is 1. The third-order valence-electron chi connectivity index (χ3n) is 3.73. The van der Waals surface area contributed by atoms with Gasteiger partial charge in [0.05, 0.1) is 18.1 Å². The molecule has 1 aromatic carbocycles. The number of nitrogens with two attached hydrogens (primary N) is 1. The van der Waals surface area contributed by atoms with Crippen molar-refractivity contribution in [3.05, 3.63) is 55.4 Å². The molecule has 1 atom stereocenters. The highest BCUT2D eigenvalue weighted by Crippen LogP contribution is 2.40. The SMILES string of the molecule is CCOC(=O)C1=C(C)OC(N)=C(C#N)C1c1cc(F)c(CBr)c(I)c1. The maximum Gasteiger partial charge on any atom is 0.338 e. The van der Waals surface area contributed by atoms with Crippen molar-refractivity contribution in [1.29, 1.82) is 5.26 Å². The normalized spacial score (nSPS) is 17.2. The fraction of sp³-hybridized carbons (Fsp3) is 0.294. The van der Waals surface area contributed by atoms with Gasteiger partial charge in [-0.3, -0.25) is 0 Å². The zero-order chi connectivity index (χ0) is 18.7. The summed E-state index contributed by atoms with van der Waals surface area (Å²) in [5.74, 6) is -1.75. The maximum atomic E-state index is 14.4. The first-order valence-electron chi connectivity index (χ1n) is 7.34. The van der Waals surface area contributed by atoms with Crippen molar-refractivity contribution in [2.45, 2.75) is 25.1 Å². The van der Waals surface area contributed by atoms with Gasteiger partial charge < -0.3 is 15.2 Å². The summed E-state index contributed by atoms with van der Waals surface area (Å²) in [4.78, 5) is 12.4. The number of ether oxygens (including phenoxy) is 2. The lowest BCUT2D eigenvalue weighted by atomic mass is 9.83. The summed E-state index contributed by atoms with van der Waals surface area (Å²) in [6.45, 7) is 3.40. The second kappa shape index (κ2) is 8.19. The molecule has 0 saturated carbocycles. The number of halogens is 3. The van der Waals surface area contributed by atoms with E-state index in [4.69, 9.17) is 15.2 Å². The van der Waals surface area contributed by atoms with E-state index in [1.165, 1.54) is 6.07 Å². The Bertz CT molecular complexity index is 807. The number of carbonyl (C=O) groups excluding carboxylic acids is 1. The van der Waals surface area contributed by atoms with Crippen LogP contribution in [0.2, 0.25) is 0 Å². The summed E-state index contributed by atoms with van der Waals surface area (Å²) in [5, 5.41) is 9.86. The number of hydrogen-bond acceptors (Lipinski definition) is 5. The summed E-state index contributed by atoms with van der Waals surface area (Å²) < 4.78 is 25.5. The van der Waals surface area contributed by atoms with Crippen molar-refractivity contribution in [3.63, 3.8) is 0 Å². The Kier molecular flexibility index (Phi) is 6.46. The number of allylic oxidation sites excluding steroid dienone is 2. The predicted molar refractivity (Wildman–Crippen MR) is 102 cm³/mol. The van der Waals surface area contributed by atoms with Crippen LogP contribution in [0.25, 0.3) is 0 Å². The molecule has 0 aromatic heterocycles. The van der Waals surface area contributed by atoms with Crippen LogP contribution >= 0.6 is 38.5 Å². The molecule has 25 heavy (non-hydrogen) atoms. The van der Waals surface area contributed by atoms with Crippen LogP contribution in [0.5, 0.6) is 0 Å². The standard InChI is InChI=1S/C17H15BrFIN2O3/c1-3-24-17(23)14-8(2)25-16(22)11(7-21)15(14)9-4-12(19)10(6-18)13(20)5-9/h4-5,15H,3,6,22H2,1-2H3. The highest BCUT2D eigenvalue weighted by molar-refractivity contribution is 14.1. The lowest BCUT2D eigenvalue weighted by Crippen LogP contribution is -2.25. The van der Waals surface area contributed by atoms with Crippen molar-refractivity contribution >= 4 is 44.5 Å². The molecule has 0 radical (unpaired) electrons. The lowest BCUT2D eigenvalue weighted by Gasteiger charge is -2.27. The summed E-state index contributed by atoms with van der Waals surface area (Å²) in [5.41, 5.74) is 6.97. The van der Waals surface area contributed by atoms with Crippen molar-refractivity contribution in [1.82, 2.24) is 0 Å². The number of nitriles is 1. The number of nitrogens with zero attached hydrogens (tertiary/aromatic N) is 1. The van der Waals surface area contributed by atoms with Crippen LogP contribution in [0.4, 0.5) is 4.39 Å². The largest absolute Gasteiger partial charge is 0.463 e. The molecule has 2 rings (SSSR count). The minimum absolute atomic E-state index is 0.0513. The van der Waals surface area contributed by atoms with Gasteiger partial charge >= 0.3 is 5.97 Å².